The van der Waals surface area contributed by atoms with Crippen LogP contribution in [0.4, 0.5) is 8.78 Å². The monoisotopic (exact) mass is 302 g/mol. The molecule has 2 atom stereocenters. The molecule has 0 saturated heterocycles. The zero-order valence-electron chi connectivity index (χ0n) is 11.9. The van der Waals surface area contributed by atoms with Gasteiger partial charge in [-0.05, 0) is 13.0 Å². The van der Waals surface area contributed by atoms with Crippen LogP contribution in [0.5, 0.6) is 0 Å². The Balaban J connectivity index is 3.22. The number of halogens is 2. The summed E-state index contributed by atoms with van der Waals surface area (Å²) in [7, 11) is 0. The SMILES string of the molecule is CC(=O)OC[C@@](O)(c1ccc(F)cc1F)[C@@H](C)OC(C)=O. The molecule has 0 aliphatic carbocycles. The van der Waals surface area contributed by atoms with Gasteiger partial charge in [0, 0.05) is 25.5 Å². The second-order valence-electron chi connectivity index (χ2n) is 4.58. The largest absolute Gasteiger partial charge is 0.462 e. The summed E-state index contributed by atoms with van der Waals surface area (Å²) >= 11 is 0. The van der Waals surface area contributed by atoms with Crippen molar-refractivity contribution in [1.29, 1.82) is 0 Å². The Hall–Kier alpha value is -2.02. The Morgan fingerprint density at radius 1 is 1.29 bits per heavy atom. The second-order valence-corrected chi connectivity index (χ2v) is 4.58. The molecule has 0 saturated carbocycles. The van der Waals surface area contributed by atoms with Crippen LogP contribution in [0.15, 0.2) is 18.2 Å². The van der Waals surface area contributed by atoms with E-state index in [0.717, 1.165) is 26.0 Å². The predicted molar refractivity (Wildman–Crippen MR) is 68.1 cm³/mol. The van der Waals surface area contributed by atoms with Gasteiger partial charge in [0.2, 0.25) is 0 Å². The molecule has 0 heterocycles. The number of ether oxygens (including phenoxy) is 2. The van der Waals surface area contributed by atoms with Crippen LogP contribution < -0.4 is 0 Å². The third-order valence-electron chi connectivity index (χ3n) is 2.91. The van der Waals surface area contributed by atoms with E-state index in [9.17, 15) is 23.5 Å². The van der Waals surface area contributed by atoms with Crippen LogP contribution in [-0.2, 0) is 24.7 Å². The van der Waals surface area contributed by atoms with Crippen molar-refractivity contribution < 1.29 is 33.0 Å². The third-order valence-corrected chi connectivity index (χ3v) is 2.91. The van der Waals surface area contributed by atoms with Crippen molar-refractivity contribution in [3.05, 3.63) is 35.4 Å². The van der Waals surface area contributed by atoms with Gasteiger partial charge in [0.15, 0.2) is 5.60 Å². The molecule has 0 amide bonds. The average Bonchev–Trinajstić information content (AvgIpc) is 2.35. The summed E-state index contributed by atoms with van der Waals surface area (Å²) in [5.41, 5.74) is -2.46. The highest BCUT2D eigenvalue weighted by Gasteiger charge is 2.41. The minimum Gasteiger partial charge on any atom is -0.462 e. The molecular formula is C14H16F2O5. The van der Waals surface area contributed by atoms with Gasteiger partial charge in [0.05, 0.1) is 0 Å². The molecular weight excluding hydrogens is 286 g/mol. The van der Waals surface area contributed by atoms with Crippen molar-refractivity contribution in [2.45, 2.75) is 32.5 Å². The standard InChI is InChI=1S/C14H16F2O5/c1-8(21-10(3)18)14(19,7-20-9(2)17)12-5-4-11(15)6-13(12)16/h4-6,8,19H,7H2,1-3H3/t8-,14+/m1/s1. The van der Waals surface area contributed by atoms with Gasteiger partial charge >= 0.3 is 11.9 Å². The lowest BCUT2D eigenvalue weighted by Gasteiger charge is -2.33. The molecule has 0 fully saturated rings. The van der Waals surface area contributed by atoms with Crippen molar-refractivity contribution in [3.8, 4) is 0 Å². The Kier molecular flexibility index (Phi) is 5.37. The predicted octanol–water partition coefficient (Wildman–Crippen LogP) is 1.67. The lowest BCUT2D eigenvalue weighted by molar-refractivity contribution is -0.176. The molecule has 0 aliphatic heterocycles. The topological polar surface area (TPSA) is 72.8 Å². The van der Waals surface area contributed by atoms with Crippen molar-refractivity contribution >= 4 is 11.9 Å². The molecule has 0 aliphatic rings. The quantitative estimate of drug-likeness (QED) is 0.838. The van der Waals surface area contributed by atoms with Crippen LogP contribution in [0.2, 0.25) is 0 Å². The molecule has 0 unspecified atom stereocenters. The van der Waals surface area contributed by atoms with Crippen LogP contribution in [0.3, 0.4) is 0 Å². The number of hydrogen-bond donors (Lipinski definition) is 1. The zero-order valence-corrected chi connectivity index (χ0v) is 11.9. The third kappa shape index (κ3) is 4.22. The first-order valence-electron chi connectivity index (χ1n) is 6.15. The van der Waals surface area contributed by atoms with Gasteiger partial charge in [-0.2, -0.15) is 0 Å². The van der Waals surface area contributed by atoms with Crippen LogP contribution in [0, 0.1) is 11.6 Å². The molecule has 21 heavy (non-hydrogen) atoms. The molecule has 0 radical (unpaired) electrons. The van der Waals surface area contributed by atoms with Gasteiger partial charge in [-0.25, -0.2) is 8.78 Å². The van der Waals surface area contributed by atoms with Gasteiger partial charge in [0.1, 0.15) is 24.3 Å². The number of benzene rings is 1. The summed E-state index contributed by atoms with van der Waals surface area (Å²) in [5.74, 6) is -3.27. The lowest BCUT2D eigenvalue weighted by Crippen LogP contribution is -2.45. The molecule has 1 rings (SSSR count). The van der Waals surface area contributed by atoms with Crippen LogP contribution >= 0.6 is 0 Å². The summed E-state index contributed by atoms with van der Waals surface area (Å²) in [5, 5.41) is 10.6. The molecule has 7 heteroatoms. The van der Waals surface area contributed by atoms with Gasteiger partial charge in [0.25, 0.3) is 0 Å². The van der Waals surface area contributed by atoms with E-state index in [0.29, 0.717) is 6.07 Å². The van der Waals surface area contributed by atoms with E-state index in [1.807, 2.05) is 0 Å². The molecule has 5 nitrogen and oxygen atoms in total. The minimum absolute atomic E-state index is 0.334. The fourth-order valence-electron chi connectivity index (χ4n) is 1.81. The fraction of sp³-hybridized carbons (Fsp3) is 0.429. The highest BCUT2D eigenvalue weighted by molar-refractivity contribution is 5.67. The highest BCUT2D eigenvalue weighted by Crippen LogP contribution is 2.30. The highest BCUT2D eigenvalue weighted by atomic mass is 19.1. The summed E-state index contributed by atoms with van der Waals surface area (Å²) < 4.78 is 36.4. The summed E-state index contributed by atoms with van der Waals surface area (Å²) in [6.07, 6.45) is -1.21. The van der Waals surface area contributed by atoms with E-state index in [1.165, 1.54) is 6.92 Å². The summed E-state index contributed by atoms with van der Waals surface area (Å²) in [6, 6.07) is 2.53. The van der Waals surface area contributed by atoms with E-state index < -0.39 is 41.9 Å². The van der Waals surface area contributed by atoms with E-state index >= 15 is 0 Å². The summed E-state index contributed by atoms with van der Waals surface area (Å²) in [6.45, 7) is 2.90. The first-order valence-corrected chi connectivity index (χ1v) is 6.15. The Bertz CT molecular complexity index is 546. The Morgan fingerprint density at radius 2 is 1.90 bits per heavy atom. The molecule has 1 aromatic rings. The number of carbonyl (C=O) groups is 2. The van der Waals surface area contributed by atoms with Crippen LogP contribution in [0.1, 0.15) is 26.3 Å². The number of carbonyl (C=O) groups excluding carboxylic acids is 2. The maximum atomic E-state index is 13.9. The molecule has 0 aromatic heterocycles. The smallest absolute Gasteiger partial charge is 0.303 e. The normalized spacial score (nSPS) is 15.0. The van der Waals surface area contributed by atoms with Gasteiger partial charge in [-0.1, -0.05) is 6.07 Å². The molecule has 0 bridgehead atoms. The van der Waals surface area contributed by atoms with Gasteiger partial charge in [-0.3, -0.25) is 9.59 Å². The summed E-state index contributed by atoms with van der Waals surface area (Å²) in [4.78, 5) is 21.9. The van der Waals surface area contributed by atoms with Crippen molar-refractivity contribution in [1.82, 2.24) is 0 Å². The van der Waals surface area contributed by atoms with Crippen molar-refractivity contribution in [3.63, 3.8) is 0 Å². The first kappa shape index (κ1) is 17.0. The Morgan fingerprint density at radius 3 is 2.38 bits per heavy atom. The van der Waals surface area contributed by atoms with E-state index in [2.05, 4.69) is 0 Å². The fourth-order valence-corrected chi connectivity index (χ4v) is 1.81. The van der Waals surface area contributed by atoms with E-state index in [-0.39, 0.29) is 5.56 Å². The lowest BCUT2D eigenvalue weighted by atomic mass is 9.89. The van der Waals surface area contributed by atoms with Gasteiger partial charge in [-0.15, -0.1) is 0 Å². The molecule has 1 aromatic carbocycles. The molecule has 1 N–H and O–H groups in total. The van der Waals surface area contributed by atoms with E-state index in [1.54, 1.807) is 0 Å². The van der Waals surface area contributed by atoms with E-state index in [4.69, 9.17) is 9.47 Å². The zero-order chi connectivity index (χ0) is 16.2. The second kappa shape index (κ2) is 6.62. The molecule has 116 valence electrons. The van der Waals surface area contributed by atoms with Gasteiger partial charge < -0.3 is 14.6 Å². The first-order chi connectivity index (χ1) is 9.66. The number of esters is 2. The minimum atomic E-state index is -2.13. The average molecular weight is 302 g/mol. The van der Waals surface area contributed by atoms with Crippen LogP contribution in [-0.4, -0.2) is 29.8 Å². The maximum absolute atomic E-state index is 13.9. The van der Waals surface area contributed by atoms with Crippen molar-refractivity contribution in [2.75, 3.05) is 6.61 Å². The van der Waals surface area contributed by atoms with Crippen LogP contribution in [0.25, 0.3) is 0 Å². The van der Waals surface area contributed by atoms with Crippen molar-refractivity contribution in [2.24, 2.45) is 0 Å². The molecule has 0 spiro atoms. The number of hydrogen-bond acceptors (Lipinski definition) is 5. The number of aliphatic hydroxyl groups is 1. The number of rotatable bonds is 5. The Labute approximate surface area is 120 Å². The maximum Gasteiger partial charge on any atom is 0.303 e.